The highest BCUT2D eigenvalue weighted by molar-refractivity contribution is 5.32. The monoisotopic (exact) mass is 434 g/mol. The molecular formula is C21H26F4O5. The van der Waals surface area contributed by atoms with Crippen molar-refractivity contribution in [3.05, 3.63) is 41.5 Å². The molecule has 30 heavy (non-hydrogen) atoms. The van der Waals surface area contributed by atoms with E-state index < -0.39 is 30.3 Å². The van der Waals surface area contributed by atoms with Gasteiger partial charge in [-0.1, -0.05) is 19.1 Å². The number of halogens is 4. The maximum absolute atomic E-state index is 13.9. The van der Waals surface area contributed by atoms with E-state index in [1.54, 1.807) is 0 Å². The first kappa shape index (κ1) is 23.0. The van der Waals surface area contributed by atoms with Gasteiger partial charge in [-0.15, -0.1) is 0 Å². The Balaban J connectivity index is 1.43. The summed E-state index contributed by atoms with van der Waals surface area (Å²) in [5.41, 5.74) is 0.0650. The molecule has 1 aromatic rings. The second kappa shape index (κ2) is 11.1. The Bertz CT molecular complexity index is 676. The second-order valence-electron chi connectivity index (χ2n) is 7.33. The van der Waals surface area contributed by atoms with E-state index in [4.69, 9.17) is 18.9 Å². The molecule has 2 aliphatic rings. The van der Waals surface area contributed by atoms with E-state index in [9.17, 15) is 17.6 Å². The number of alkyl halides is 2. The molecule has 0 saturated carbocycles. The molecule has 1 aromatic carbocycles. The molecule has 9 heteroatoms. The Labute approximate surface area is 172 Å². The molecule has 2 fully saturated rings. The third-order valence-corrected chi connectivity index (χ3v) is 4.91. The highest BCUT2D eigenvalue weighted by Crippen LogP contribution is 2.32. The molecule has 0 N–H and O–H groups in total. The topological polar surface area (TPSA) is 46.2 Å². The van der Waals surface area contributed by atoms with Gasteiger partial charge in [0.1, 0.15) is 0 Å². The molecule has 2 heterocycles. The zero-order chi connectivity index (χ0) is 21.5. The molecule has 0 radical (unpaired) electrons. The summed E-state index contributed by atoms with van der Waals surface area (Å²) in [4.78, 5) is 0. The number of hydrogen-bond acceptors (Lipinski definition) is 5. The lowest BCUT2D eigenvalue weighted by Gasteiger charge is -2.32. The lowest BCUT2D eigenvalue weighted by Crippen LogP contribution is -2.33. The van der Waals surface area contributed by atoms with Gasteiger partial charge in [0.25, 0.3) is 0 Å². The first-order valence-corrected chi connectivity index (χ1v) is 10.0. The third-order valence-electron chi connectivity index (χ3n) is 4.91. The van der Waals surface area contributed by atoms with Crippen LogP contribution in [0.4, 0.5) is 17.6 Å². The van der Waals surface area contributed by atoms with Gasteiger partial charge in [-0.25, -0.2) is 8.78 Å². The molecule has 3 rings (SSSR count). The largest absolute Gasteiger partial charge is 0.429 e. The third kappa shape index (κ3) is 6.41. The summed E-state index contributed by atoms with van der Waals surface area (Å²) < 4.78 is 78.7. The van der Waals surface area contributed by atoms with Crippen molar-refractivity contribution < 1.29 is 41.2 Å². The molecule has 0 bridgehead atoms. The highest BCUT2D eigenvalue weighted by Gasteiger charge is 2.28. The number of rotatable bonds is 8. The molecule has 0 aromatic heterocycles. The first-order chi connectivity index (χ1) is 14.5. The van der Waals surface area contributed by atoms with Crippen molar-refractivity contribution in [2.45, 2.75) is 45.4 Å². The zero-order valence-corrected chi connectivity index (χ0v) is 16.7. The van der Waals surface area contributed by atoms with Gasteiger partial charge < -0.3 is 23.7 Å². The van der Waals surface area contributed by atoms with E-state index in [0.29, 0.717) is 32.8 Å². The molecule has 0 atom stereocenters. The zero-order valence-electron chi connectivity index (χ0n) is 16.7. The van der Waals surface area contributed by atoms with Crippen LogP contribution in [0.1, 0.15) is 38.0 Å². The normalized spacial score (nSPS) is 27.7. The predicted octanol–water partition coefficient (Wildman–Crippen LogP) is 4.96. The fraction of sp³-hybridized carbons (Fsp3) is 0.619. The van der Waals surface area contributed by atoms with E-state index in [0.717, 1.165) is 25.0 Å². The van der Waals surface area contributed by atoms with Gasteiger partial charge in [-0.3, -0.25) is 0 Å². The Morgan fingerprint density at radius 2 is 1.63 bits per heavy atom. The Kier molecular flexibility index (Phi) is 8.50. The van der Waals surface area contributed by atoms with Crippen molar-refractivity contribution in [3.63, 3.8) is 0 Å². The minimum absolute atomic E-state index is 0.0650. The molecular weight excluding hydrogens is 408 g/mol. The molecule has 5 nitrogen and oxygen atoms in total. The van der Waals surface area contributed by atoms with Gasteiger partial charge in [0.2, 0.25) is 0 Å². The Hall–Kier alpha value is -1.68. The van der Waals surface area contributed by atoms with Crippen LogP contribution in [0, 0.1) is 23.5 Å². The van der Waals surface area contributed by atoms with Crippen LogP contribution in [0.3, 0.4) is 0 Å². The van der Waals surface area contributed by atoms with Crippen molar-refractivity contribution in [3.8, 4) is 5.75 Å². The lowest BCUT2D eigenvalue weighted by atomic mass is 10.0. The standard InChI is InChI=1S/C21H26F4O5/c1-2-3-4-13-9-26-18(27-10-13)6-5-14-11-28-20(29-12-14)15-7-16(22)19(17(23)8-15)30-21(24)25/h3-4,7-8,13-14,18,20-21H,2,5-6,9-12H2,1H3/b4-3+/t13-,14?,18-,20?. The number of hydrogen-bond donors (Lipinski definition) is 0. The average molecular weight is 434 g/mol. The summed E-state index contributed by atoms with van der Waals surface area (Å²) in [5, 5.41) is 0. The van der Waals surface area contributed by atoms with Gasteiger partial charge in [0.15, 0.2) is 30.0 Å². The minimum Gasteiger partial charge on any atom is -0.429 e. The maximum Gasteiger partial charge on any atom is 0.387 e. The average Bonchev–Trinajstić information content (AvgIpc) is 2.74. The van der Waals surface area contributed by atoms with E-state index >= 15 is 0 Å². The van der Waals surface area contributed by atoms with Gasteiger partial charge in [-0.05, 0) is 31.4 Å². The molecule has 0 aliphatic carbocycles. The Morgan fingerprint density at radius 3 is 2.20 bits per heavy atom. The fourth-order valence-electron chi connectivity index (χ4n) is 3.36. The summed E-state index contributed by atoms with van der Waals surface area (Å²) in [5.74, 6) is -3.23. The van der Waals surface area contributed by atoms with E-state index in [1.807, 2.05) is 0 Å². The van der Waals surface area contributed by atoms with Crippen LogP contribution in [-0.4, -0.2) is 39.3 Å². The molecule has 0 spiro atoms. The minimum atomic E-state index is -3.32. The molecule has 0 amide bonds. The van der Waals surface area contributed by atoms with E-state index in [-0.39, 0.29) is 23.7 Å². The van der Waals surface area contributed by atoms with E-state index in [1.165, 1.54) is 0 Å². The van der Waals surface area contributed by atoms with Crippen molar-refractivity contribution in [2.75, 3.05) is 26.4 Å². The maximum atomic E-state index is 13.9. The predicted molar refractivity (Wildman–Crippen MR) is 99.0 cm³/mol. The van der Waals surface area contributed by atoms with E-state index in [2.05, 4.69) is 23.8 Å². The van der Waals surface area contributed by atoms with Crippen LogP contribution in [0.2, 0.25) is 0 Å². The van der Waals surface area contributed by atoms with Crippen molar-refractivity contribution in [1.29, 1.82) is 0 Å². The number of allylic oxidation sites excluding steroid dienone is 1. The molecule has 2 aliphatic heterocycles. The van der Waals surface area contributed by atoms with Crippen molar-refractivity contribution in [2.24, 2.45) is 11.8 Å². The van der Waals surface area contributed by atoms with Gasteiger partial charge in [0.05, 0.1) is 26.4 Å². The van der Waals surface area contributed by atoms with Crippen LogP contribution in [-0.2, 0) is 18.9 Å². The highest BCUT2D eigenvalue weighted by atomic mass is 19.3. The molecule has 168 valence electrons. The lowest BCUT2D eigenvalue weighted by molar-refractivity contribution is -0.217. The summed E-state index contributed by atoms with van der Waals surface area (Å²) in [6.07, 6.45) is 5.39. The van der Waals surface area contributed by atoms with Gasteiger partial charge in [-0.2, -0.15) is 8.78 Å². The van der Waals surface area contributed by atoms with Crippen molar-refractivity contribution in [1.82, 2.24) is 0 Å². The summed E-state index contributed by atoms with van der Waals surface area (Å²) in [6, 6.07) is 1.75. The SMILES string of the molecule is CC/C=C/[C@H]1CO[C@H](CCC2COC(c3cc(F)c(OC(F)F)c(F)c3)OC2)OC1. The van der Waals surface area contributed by atoms with Crippen LogP contribution in [0.5, 0.6) is 5.75 Å². The summed E-state index contributed by atoms with van der Waals surface area (Å²) in [6.45, 7) is 0.674. The van der Waals surface area contributed by atoms with Gasteiger partial charge >= 0.3 is 6.61 Å². The van der Waals surface area contributed by atoms with Crippen LogP contribution in [0.25, 0.3) is 0 Å². The molecule has 2 saturated heterocycles. The second-order valence-corrected chi connectivity index (χ2v) is 7.33. The number of ether oxygens (including phenoxy) is 5. The molecule has 0 unspecified atom stereocenters. The Morgan fingerprint density at radius 1 is 1.00 bits per heavy atom. The van der Waals surface area contributed by atoms with Gasteiger partial charge in [0, 0.05) is 17.4 Å². The van der Waals surface area contributed by atoms with Crippen LogP contribution in [0.15, 0.2) is 24.3 Å². The number of benzene rings is 1. The quantitative estimate of drug-likeness (QED) is 0.427. The smallest absolute Gasteiger partial charge is 0.387 e. The van der Waals surface area contributed by atoms with Crippen LogP contribution < -0.4 is 4.74 Å². The summed E-state index contributed by atoms with van der Waals surface area (Å²) >= 11 is 0. The first-order valence-electron chi connectivity index (χ1n) is 10.0. The fourth-order valence-corrected chi connectivity index (χ4v) is 3.36. The summed E-state index contributed by atoms with van der Waals surface area (Å²) in [7, 11) is 0. The van der Waals surface area contributed by atoms with Crippen LogP contribution >= 0.6 is 0 Å². The van der Waals surface area contributed by atoms with Crippen molar-refractivity contribution >= 4 is 0 Å².